The lowest BCUT2D eigenvalue weighted by atomic mass is 10.2. The molecule has 0 aliphatic heterocycles. The zero-order chi connectivity index (χ0) is 12.4. The number of hydrogen-bond donors (Lipinski definition) is 1. The largest absolute Gasteiger partial charge is 0.394 e. The van der Waals surface area contributed by atoms with Gasteiger partial charge in [0.2, 0.25) is 0 Å². The Morgan fingerprint density at radius 3 is 2.82 bits per heavy atom. The summed E-state index contributed by atoms with van der Waals surface area (Å²) < 4.78 is 14.9. The average Bonchev–Trinajstić information content (AvgIpc) is 2.28. The van der Waals surface area contributed by atoms with E-state index in [1.54, 1.807) is 24.4 Å². The third kappa shape index (κ3) is 2.47. The van der Waals surface area contributed by atoms with Gasteiger partial charge in [0.15, 0.2) is 0 Å². The van der Waals surface area contributed by atoms with Crippen molar-refractivity contribution in [2.75, 3.05) is 5.73 Å². The number of anilines is 1. The highest BCUT2D eigenvalue weighted by Gasteiger charge is 2.05. The summed E-state index contributed by atoms with van der Waals surface area (Å²) >= 11 is 5.65. The van der Waals surface area contributed by atoms with E-state index < -0.39 is 5.82 Å². The first kappa shape index (κ1) is 11.7. The quantitative estimate of drug-likeness (QED) is 0.891. The molecular weight excluding hydrogens is 243 g/mol. The van der Waals surface area contributed by atoms with Crippen LogP contribution in [0, 0.1) is 5.82 Å². The van der Waals surface area contributed by atoms with Gasteiger partial charge in [0.25, 0.3) is 5.56 Å². The first-order chi connectivity index (χ1) is 8.08. The smallest absolute Gasteiger partial charge is 0.273 e. The maximum atomic E-state index is 13.5. The molecule has 2 aromatic rings. The van der Waals surface area contributed by atoms with Gasteiger partial charge in [0.05, 0.1) is 12.2 Å². The maximum Gasteiger partial charge on any atom is 0.273 e. The van der Waals surface area contributed by atoms with Crippen molar-refractivity contribution in [1.29, 1.82) is 0 Å². The Morgan fingerprint density at radius 1 is 1.35 bits per heavy atom. The van der Waals surface area contributed by atoms with E-state index in [0.717, 1.165) is 0 Å². The molecule has 0 fully saturated rings. The molecule has 88 valence electrons. The van der Waals surface area contributed by atoms with Gasteiger partial charge in [0, 0.05) is 16.8 Å². The van der Waals surface area contributed by atoms with Crippen LogP contribution in [-0.4, -0.2) is 4.57 Å². The zero-order valence-electron chi connectivity index (χ0n) is 8.86. The first-order valence-electron chi connectivity index (χ1n) is 4.97. The van der Waals surface area contributed by atoms with Gasteiger partial charge in [-0.1, -0.05) is 17.7 Å². The molecule has 1 aromatic carbocycles. The third-order valence-corrected chi connectivity index (χ3v) is 2.64. The number of pyridine rings is 1. The average molecular weight is 253 g/mol. The minimum Gasteiger partial charge on any atom is -0.394 e. The molecule has 0 amide bonds. The van der Waals surface area contributed by atoms with Crippen LogP contribution >= 0.6 is 11.6 Å². The number of aromatic nitrogens is 1. The van der Waals surface area contributed by atoms with E-state index in [9.17, 15) is 9.18 Å². The molecule has 0 aliphatic carbocycles. The Bertz CT molecular complexity index is 610. The van der Waals surface area contributed by atoms with E-state index in [2.05, 4.69) is 0 Å². The highest BCUT2D eigenvalue weighted by atomic mass is 35.5. The monoisotopic (exact) mass is 252 g/mol. The zero-order valence-corrected chi connectivity index (χ0v) is 9.62. The second-order valence-electron chi connectivity index (χ2n) is 3.63. The summed E-state index contributed by atoms with van der Waals surface area (Å²) in [6.07, 6.45) is 1.56. The lowest BCUT2D eigenvalue weighted by Gasteiger charge is -2.07. The molecule has 0 saturated carbocycles. The van der Waals surface area contributed by atoms with Crippen LogP contribution in [-0.2, 0) is 6.54 Å². The second kappa shape index (κ2) is 4.59. The second-order valence-corrected chi connectivity index (χ2v) is 4.07. The van der Waals surface area contributed by atoms with E-state index in [4.69, 9.17) is 17.3 Å². The summed E-state index contributed by atoms with van der Waals surface area (Å²) in [7, 11) is 0. The van der Waals surface area contributed by atoms with Crippen LogP contribution in [0.25, 0.3) is 0 Å². The summed E-state index contributed by atoms with van der Waals surface area (Å²) in [6, 6.07) is 7.50. The normalized spacial score (nSPS) is 10.5. The number of nitrogens with two attached hydrogens (primary N) is 1. The van der Waals surface area contributed by atoms with Gasteiger partial charge in [-0.05, 0) is 24.3 Å². The van der Waals surface area contributed by atoms with E-state index in [0.29, 0.717) is 10.6 Å². The molecule has 2 rings (SSSR count). The summed E-state index contributed by atoms with van der Waals surface area (Å²) in [5.74, 6) is -0.438. The molecule has 0 aliphatic rings. The molecule has 1 heterocycles. The first-order valence-corrected chi connectivity index (χ1v) is 5.34. The van der Waals surface area contributed by atoms with Crippen molar-refractivity contribution < 1.29 is 4.39 Å². The van der Waals surface area contributed by atoms with Crippen LogP contribution in [0.1, 0.15) is 5.56 Å². The van der Waals surface area contributed by atoms with Crippen molar-refractivity contribution in [1.82, 2.24) is 4.57 Å². The minimum atomic E-state index is -0.438. The molecule has 0 atom stereocenters. The van der Waals surface area contributed by atoms with Crippen LogP contribution < -0.4 is 11.3 Å². The van der Waals surface area contributed by atoms with Gasteiger partial charge in [-0.3, -0.25) is 4.79 Å². The molecule has 0 spiro atoms. The summed E-state index contributed by atoms with van der Waals surface area (Å²) in [5.41, 5.74) is 5.69. The predicted molar refractivity (Wildman–Crippen MR) is 65.6 cm³/mol. The van der Waals surface area contributed by atoms with Gasteiger partial charge >= 0.3 is 0 Å². The Hall–Kier alpha value is -1.81. The molecule has 17 heavy (non-hydrogen) atoms. The summed E-state index contributed by atoms with van der Waals surface area (Å²) in [6.45, 7) is 0.132. The fourth-order valence-corrected chi connectivity index (χ4v) is 1.67. The number of rotatable bonds is 2. The molecule has 0 unspecified atom stereocenters. The molecule has 0 bridgehead atoms. The summed E-state index contributed by atoms with van der Waals surface area (Å²) in [4.78, 5) is 11.6. The number of benzene rings is 1. The molecule has 0 radical (unpaired) electrons. The van der Waals surface area contributed by atoms with Crippen LogP contribution in [0.3, 0.4) is 0 Å². The van der Waals surface area contributed by atoms with Crippen molar-refractivity contribution in [2.24, 2.45) is 0 Å². The van der Waals surface area contributed by atoms with Gasteiger partial charge in [-0.2, -0.15) is 0 Å². The van der Waals surface area contributed by atoms with E-state index in [1.165, 1.54) is 16.7 Å². The fourth-order valence-electron chi connectivity index (χ4n) is 1.51. The number of halogens is 2. The van der Waals surface area contributed by atoms with Gasteiger partial charge in [0.1, 0.15) is 5.82 Å². The van der Waals surface area contributed by atoms with Crippen molar-refractivity contribution in [3.05, 3.63) is 63.3 Å². The molecule has 2 N–H and O–H groups in total. The van der Waals surface area contributed by atoms with E-state index in [1.807, 2.05) is 0 Å². The molecule has 0 saturated heterocycles. The van der Waals surface area contributed by atoms with Gasteiger partial charge < -0.3 is 10.3 Å². The van der Waals surface area contributed by atoms with Crippen molar-refractivity contribution in [3.63, 3.8) is 0 Å². The minimum absolute atomic E-state index is 0.132. The lowest BCUT2D eigenvalue weighted by molar-refractivity contribution is 0.596. The maximum absolute atomic E-state index is 13.5. The van der Waals surface area contributed by atoms with Crippen molar-refractivity contribution in [2.45, 2.75) is 6.54 Å². The molecule has 3 nitrogen and oxygen atoms in total. The Labute approximate surface area is 102 Å². The van der Waals surface area contributed by atoms with Crippen molar-refractivity contribution in [3.8, 4) is 0 Å². The molecule has 1 aromatic heterocycles. The standard InChI is InChI=1S/C12H10ClFN2O/c13-9-4-3-8(10(14)6-9)7-16-5-1-2-11(15)12(16)17/h1-6H,7,15H2. The Kier molecular flexibility index (Phi) is 3.15. The topological polar surface area (TPSA) is 48.0 Å². The number of nitrogens with zero attached hydrogens (tertiary/aromatic N) is 1. The van der Waals surface area contributed by atoms with Crippen LogP contribution in [0.15, 0.2) is 41.3 Å². The highest BCUT2D eigenvalue weighted by molar-refractivity contribution is 6.30. The Balaban J connectivity index is 2.38. The molecular formula is C12H10ClFN2O. The predicted octanol–water partition coefficient (Wildman–Crippen LogP) is 2.27. The highest BCUT2D eigenvalue weighted by Crippen LogP contribution is 2.15. The SMILES string of the molecule is Nc1cccn(Cc2ccc(Cl)cc2F)c1=O. The van der Waals surface area contributed by atoms with Crippen LogP contribution in [0.4, 0.5) is 10.1 Å². The number of nitrogen functional groups attached to an aromatic ring is 1. The molecule has 5 heteroatoms. The van der Waals surface area contributed by atoms with Gasteiger partial charge in [-0.25, -0.2) is 4.39 Å². The third-order valence-electron chi connectivity index (χ3n) is 2.41. The van der Waals surface area contributed by atoms with Gasteiger partial charge in [-0.15, -0.1) is 0 Å². The number of hydrogen-bond acceptors (Lipinski definition) is 2. The van der Waals surface area contributed by atoms with Crippen LogP contribution in [0.2, 0.25) is 5.02 Å². The van der Waals surface area contributed by atoms with E-state index >= 15 is 0 Å². The fraction of sp³-hybridized carbons (Fsp3) is 0.0833. The van der Waals surface area contributed by atoms with Crippen molar-refractivity contribution >= 4 is 17.3 Å². The summed E-state index contributed by atoms with van der Waals surface area (Å²) in [5, 5.41) is 0.325. The van der Waals surface area contributed by atoms with Crippen LogP contribution in [0.5, 0.6) is 0 Å². The van der Waals surface area contributed by atoms with E-state index in [-0.39, 0.29) is 17.8 Å². The lowest BCUT2D eigenvalue weighted by Crippen LogP contribution is -2.22. The Morgan fingerprint density at radius 2 is 2.12 bits per heavy atom.